The largest absolute Gasteiger partial charge is 0.352 e. The van der Waals surface area contributed by atoms with Gasteiger partial charge in [0, 0.05) is 37.3 Å². The first-order valence-corrected chi connectivity index (χ1v) is 12.8. The molecular weight excluding hydrogens is 416 g/mol. The molecule has 4 aliphatic rings. The summed E-state index contributed by atoms with van der Waals surface area (Å²) in [7, 11) is 0. The van der Waals surface area contributed by atoms with Crippen molar-refractivity contribution in [3.05, 3.63) is 35.4 Å². The summed E-state index contributed by atoms with van der Waals surface area (Å²) in [6.07, 6.45) is 10.7. The van der Waals surface area contributed by atoms with Crippen molar-refractivity contribution in [3.63, 3.8) is 0 Å². The summed E-state index contributed by atoms with van der Waals surface area (Å²) in [6, 6.07) is 7.00. The summed E-state index contributed by atoms with van der Waals surface area (Å²) < 4.78 is 0. The maximum atomic E-state index is 13.0. The summed E-state index contributed by atoms with van der Waals surface area (Å²) in [5.74, 6) is 0.364. The molecule has 0 bridgehead atoms. The topological polar surface area (TPSA) is 81.8 Å². The zero-order valence-electron chi connectivity index (χ0n) is 19.4. The van der Waals surface area contributed by atoms with Crippen LogP contribution in [0.15, 0.2) is 24.3 Å². The number of rotatable bonds is 7. The Kier molecular flexibility index (Phi) is 6.67. The van der Waals surface area contributed by atoms with Crippen LogP contribution >= 0.6 is 0 Å². The van der Waals surface area contributed by atoms with Gasteiger partial charge in [0.05, 0.1) is 6.54 Å². The number of amides is 3. The zero-order chi connectivity index (χ0) is 22.8. The molecule has 7 heteroatoms. The lowest BCUT2D eigenvalue weighted by Crippen LogP contribution is -2.49. The fourth-order valence-electron chi connectivity index (χ4n) is 5.87. The fraction of sp³-hybridized carbons (Fsp3) is 0.654. The molecule has 5 rings (SSSR count). The van der Waals surface area contributed by atoms with Crippen molar-refractivity contribution in [1.29, 1.82) is 0 Å². The summed E-state index contributed by atoms with van der Waals surface area (Å²) in [4.78, 5) is 42.7. The van der Waals surface area contributed by atoms with Crippen LogP contribution in [0.1, 0.15) is 79.8 Å². The van der Waals surface area contributed by atoms with Gasteiger partial charge in [0.2, 0.25) is 11.8 Å². The SMILES string of the molecule is O=C(CNC(=O)C1c2ccccc2C(=O)N1C1CC1)NC1CCN(CC2CCCCC2)CC1. The smallest absolute Gasteiger partial charge is 0.255 e. The van der Waals surface area contributed by atoms with Gasteiger partial charge >= 0.3 is 0 Å². The molecule has 3 fully saturated rings. The van der Waals surface area contributed by atoms with Crippen LogP contribution in [0.3, 0.4) is 0 Å². The van der Waals surface area contributed by atoms with Gasteiger partial charge in [-0.2, -0.15) is 0 Å². The van der Waals surface area contributed by atoms with E-state index in [1.165, 1.54) is 38.6 Å². The van der Waals surface area contributed by atoms with Crippen LogP contribution < -0.4 is 10.6 Å². The molecule has 33 heavy (non-hydrogen) atoms. The standard InChI is InChI=1S/C26H36N4O3/c31-23(28-19-12-14-29(15-13-19)17-18-6-2-1-3-7-18)16-27-25(32)24-21-8-4-5-9-22(21)26(33)30(24)20-10-11-20/h4-5,8-9,18-20,24H,1-3,6-7,10-17H2,(H,27,32)(H,28,31). The van der Waals surface area contributed by atoms with E-state index in [9.17, 15) is 14.4 Å². The highest BCUT2D eigenvalue weighted by molar-refractivity contribution is 6.05. The molecule has 1 aromatic rings. The van der Waals surface area contributed by atoms with Gasteiger partial charge in [-0.25, -0.2) is 0 Å². The van der Waals surface area contributed by atoms with Crippen LogP contribution in [0, 0.1) is 5.92 Å². The van der Waals surface area contributed by atoms with Crippen LogP contribution in [0.25, 0.3) is 0 Å². The molecule has 2 saturated carbocycles. The predicted octanol–water partition coefficient (Wildman–Crippen LogP) is 2.62. The molecule has 2 N–H and O–H groups in total. The van der Waals surface area contributed by atoms with Crippen LogP contribution in [0.5, 0.6) is 0 Å². The van der Waals surface area contributed by atoms with Gasteiger partial charge in [-0.05, 0) is 56.1 Å². The van der Waals surface area contributed by atoms with Gasteiger partial charge in [-0.15, -0.1) is 0 Å². The lowest BCUT2D eigenvalue weighted by molar-refractivity contribution is -0.129. The van der Waals surface area contributed by atoms with E-state index in [0.29, 0.717) is 5.56 Å². The van der Waals surface area contributed by atoms with E-state index in [-0.39, 0.29) is 36.3 Å². The van der Waals surface area contributed by atoms with Gasteiger partial charge in [0.25, 0.3) is 5.91 Å². The van der Waals surface area contributed by atoms with Crippen molar-refractivity contribution >= 4 is 17.7 Å². The average Bonchev–Trinajstić information content (AvgIpc) is 3.63. The minimum atomic E-state index is -0.628. The number of piperidine rings is 1. The van der Waals surface area contributed by atoms with Gasteiger partial charge in [-0.3, -0.25) is 14.4 Å². The molecular formula is C26H36N4O3. The van der Waals surface area contributed by atoms with Gasteiger partial charge < -0.3 is 20.4 Å². The lowest BCUT2D eigenvalue weighted by atomic mass is 9.88. The monoisotopic (exact) mass is 452 g/mol. The third-order valence-electron chi connectivity index (χ3n) is 7.80. The second kappa shape index (κ2) is 9.84. The zero-order valence-corrected chi connectivity index (χ0v) is 19.4. The van der Waals surface area contributed by atoms with Crippen molar-refractivity contribution in [2.75, 3.05) is 26.2 Å². The van der Waals surface area contributed by atoms with E-state index in [2.05, 4.69) is 15.5 Å². The Labute approximate surface area is 196 Å². The maximum absolute atomic E-state index is 13.0. The van der Waals surface area contributed by atoms with E-state index in [1.54, 1.807) is 11.0 Å². The molecule has 0 radical (unpaired) electrons. The molecule has 0 aromatic heterocycles. The highest BCUT2D eigenvalue weighted by atomic mass is 16.2. The number of hydrogen-bond donors (Lipinski definition) is 2. The van der Waals surface area contributed by atoms with E-state index in [1.807, 2.05) is 18.2 Å². The Balaban J connectivity index is 1.08. The van der Waals surface area contributed by atoms with E-state index in [4.69, 9.17) is 0 Å². The normalized spacial score (nSPS) is 24.5. The van der Waals surface area contributed by atoms with Crippen LogP contribution in [-0.2, 0) is 9.59 Å². The second-order valence-corrected chi connectivity index (χ2v) is 10.3. The maximum Gasteiger partial charge on any atom is 0.255 e. The van der Waals surface area contributed by atoms with E-state index in [0.717, 1.165) is 50.3 Å². The molecule has 1 atom stereocenters. The number of nitrogens with one attached hydrogen (secondary N) is 2. The van der Waals surface area contributed by atoms with Crippen LogP contribution in [0.2, 0.25) is 0 Å². The molecule has 2 heterocycles. The first kappa shape index (κ1) is 22.4. The lowest BCUT2D eigenvalue weighted by Gasteiger charge is -2.35. The third kappa shape index (κ3) is 5.08. The molecule has 2 aliphatic carbocycles. The second-order valence-electron chi connectivity index (χ2n) is 10.3. The molecule has 0 spiro atoms. The minimum absolute atomic E-state index is 0.0491. The minimum Gasteiger partial charge on any atom is -0.352 e. The first-order chi connectivity index (χ1) is 16.1. The Morgan fingerprint density at radius 3 is 2.39 bits per heavy atom. The number of carbonyl (C=O) groups excluding carboxylic acids is 3. The molecule has 1 unspecified atom stereocenters. The number of benzene rings is 1. The number of nitrogens with zero attached hydrogens (tertiary/aromatic N) is 2. The fourth-order valence-corrected chi connectivity index (χ4v) is 5.87. The highest BCUT2D eigenvalue weighted by Crippen LogP contribution is 2.41. The number of hydrogen-bond acceptors (Lipinski definition) is 4. The van der Waals surface area contributed by atoms with E-state index >= 15 is 0 Å². The summed E-state index contributed by atoms with van der Waals surface area (Å²) in [6.45, 7) is 3.22. The Hall–Kier alpha value is -2.41. The van der Waals surface area contributed by atoms with Crippen molar-refractivity contribution in [1.82, 2.24) is 20.4 Å². The average molecular weight is 453 g/mol. The first-order valence-electron chi connectivity index (χ1n) is 12.8. The molecule has 3 amide bonds. The summed E-state index contributed by atoms with van der Waals surface area (Å²) in [5.41, 5.74) is 1.35. The van der Waals surface area contributed by atoms with Gasteiger partial charge in [0.15, 0.2) is 0 Å². The third-order valence-corrected chi connectivity index (χ3v) is 7.80. The summed E-state index contributed by atoms with van der Waals surface area (Å²) in [5, 5.41) is 5.90. The Morgan fingerprint density at radius 1 is 0.939 bits per heavy atom. The Morgan fingerprint density at radius 2 is 1.67 bits per heavy atom. The Bertz CT molecular complexity index is 885. The molecule has 2 aliphatic heterocycles. The number of fused-ring (bicyclic) bond motifs is 1. The predicted molar refractivity (Wildman–Crippen MR) is 126 cm³/mol. The number of carbonyl (C=O) groups is 3. The quantitative estimate of drug-likeness (QED) is 0.666. The molecule has 1 saturated heterocycles. The molecule has 1 aromatic carbocycles. The van der Waals surface area contributed by atoms with Crippen molar-refractivity contribution < 1.29 is 14.4 Å². The van der Waals surface area contributed by atoms with Crippen LogP contribution in [0.4, 0.5) is 0 Å². The van der Waals surface area contributed by atoms with Gasteiger partial charge in [-0.1, -0.05) is 37.5 Å². The van der Waals surface area contributed by atoms with Crippen molar-refractivity contribution in [3.8, 4) is 0 Å². The van der Waals surface area contributed by atoms with E-state index < -0.39 is 6.04 Å². The summed E-state index contributed by atoms with van der Waals surface area (Å²) >= 11 is 0. The van der Waals surface area contributed by atoms with Gasteiger partial charge in [0.1, 0.15) is 6.04 Å². The highest BCUT2D eigenvalue weighted by Gasteiger charge is 2.47. The molecule has 178 valence electrons. The van der Waals surface area contributed by atoms with Crippen LogP contribution in [-0.4, -0.2) is 65.8 Å². The van der Waals surface area contributed by atoms with Crippen molar-refractivity contribution in [2.45, 2.75) is 75.9 Å². The molecule has 7 nitrogen and oxygen atoms in total. The van der Waals surface area contributed by atoms with Crippen molar-refractivity contribution in [2.24, 2.45) is 5.92 Å². The number of likely N-dealkylation sites (tertiary alicyclic amines) is 1.